The van der Waals surface area contributed by atoms with E-state index < -0.39 is 12.0 Å². The first-order chi connectivity index (χ1) is 9.88. The highest BCUT2D eigenvalue weighted by Gasteiger charge is 2.38. The summed E-state index contributed by atoms with van der Waals surface area (Å²) in [5, 5.41) is 9.23. The zero-order chi connectivity index (χ0) is 15.2. The van der Waals surface area contributed by atoms with Crippen LogP contribution in [0.3, 0.4) is 0 Å². The molecule has 4 nitrogen and oxygen atoms in total. The van der Waals surface area contributed by atoms with E-state index in [1.807, 2.05) is 13.8 Å². The number of aromatic nitrogens is 4. The first-order valence-electron chi connectivity index (χ1n) is 6.20. The molecule has 0 aliphatic heterocycles. The van der Waals surface area contributed by atoms with Crippen molar-refractivity contribution in [3.8, 4) is 0 Å². The van der Waals surface area contributed by atoms with Crippen molar-refractivity contribution in [2.75, 3.05) is 5.75 Å². The molecule has 3 aromatic heterocycles. The van der Waals surface area contributed by atoms with Crippen molar-refractivity contribution in [1.82, 2.24) is 19.6 Å². The molecule has 3 rings (SSSR count). The maximum atomic E-state index is 13.1. The van der Waals surface area contributed by atoms with Gasteiger partial charge in [0.25, 0.3) is 0 Å². The Morgan fingerprint density at radius 1 is 1.33 bits per heavy atom. The molecule has 0 N–H and O–H groups in total. The third-order valence-electron chi connectivity index (χ3n) is 2.71. The van der Waals surface area contributed by atoms with Crippen molar-refractivity contribution in [2.24, 2.45) is 5.92 Å². The van der Waals surface area contributed by atoms with E-state index in [0.29, 0.717) is 21.3 Å². The zero-order valence-electron chi connectivity index (χ0n) is 11.2. The lowest BCUT2D eigenvalue weighted by Crippen LogP contribution is -2.11. The second-order valence-electron chi connectivity index (χ2n) is 4.91. The van der Waals surface area contributed by atoms with Gasteiger partial charge < -0.3 is 0 Å². The van der Waals surface area contributed by atoms with Gasteiger partial charge in [0.2, 0.25) is 5.82 Å². The number of alkyl halides is 3. The fourth-order valence-corrected chi connectivity index (χ4v) is 3.60. The first kappa shape index (κ1) is 14.6. The molecule has 3 heterocycles. The van der Waals surface area contributed by atoms with Crippen molar-refractivity contribution in [2.45, 2.75) is 25.0 Å². The summed E-state index contributed by atoms with van der Waals surface area (Å²) in [6.45, 7) is 4.08. The van der Waals surface area contributed by atoms with E-state index in [2.05, 4.69) is 15.2 Å². The number of fused-ring (bicyclic) bond motifs is 3. The summed E-state index contributed by atoms with van der Waals surface area (Å²) in [5.74, 6) is 0.158. The Morgan fingerprint density at radius 3 is 2.76 bits per heavy atom. The zero-order valence-corrected chi connectivity index (χ0v) is 12.8. The number of thiophene rings is 1. The largest absolute Gasteiger partial charge is 0.452 e. The average molecular weight is 332 g/mol. The third-order valence-corrected chi connectivity index (χ3v) is 4.98. The van der Waals surface area contributed by atoms with Gasteiger partial charge in [-0.25, -0.2) is 4.98 Å². The molecule has 9 heteroatoms. The van der Waals surface area contributed by atoms with E-state index in [1.54, 1.807) is 11.4 Å². The van der Waals surface area contributed by atoms with Gasteiger partial charge in [-0.15, -0.1) is 33.3 Å². The SMILES string of the molecule is CC(C)CSc1nc2ccsc2n2c(C(F)(F)F)nnc12. The van der Waals surface area contributed by atoms with Crippen molar-refractivity contribution in [3.05, 3.63) is 17.3 Å². The molecule has 0 radical (unpaired) electrons. The van der Waals surface area contributed by atoms with E-state index >= 15 is 0 Å². The predicted octanol–water partition coefficient (Wildman–Crippen LogP) is 4.11. The van der Waals surface area contributed by atoms with Crippen LogP contribution in [-0.4, -0.2) is 25.3 Å². The number of hydrogen-bond donors (Lipinski definition) is 0. The molecule has 21 heavy (non-hydrogen) atoms. The van der Waals surface area contributed by atoms with Gasteiger partial charge in [0, 0.05) is 5.75 Å². The topological polar surface area (TPSA) is 43.1 Å². The van der Waals surface area contributed by atoms with E-state index in [4.69, 9.17) is 0 Å². The highest BCUT2D eigenvalue weighted by molar-refractivity contribution is 7.99. The maximum absolute atomic E-state index is 13.1. The van der Waals surface area contributed by atoms with Crippen molar-refractivity contribution in [1.29, 1.82) is 0 Å². The quantitative estimate of drug-likeness (QED) is 0.677. The van der Waals surface area contributed by atoms with Gasteiger partial charge in [-0.3, -0.25) is 4.40 Å². The number of thioether (sulfide) groups is 1. The molecule has 0 unspecified atom stereocenters. The van der Waals surface area contributed by atoms with Crippen LogP contribution in [0, 0.1) is 5.92 Å². The number of hydrogen-bond acceptors (Lipinski definition) is 5. The molecule has 0 atom stereocenters. The minimum Gasteiger partial charge on any atom is -0.258 e. The highest BCUT2D eigenvalue weighted by atomic mass is 32.2. The van der Waals surface area contributed by atoms with Gasteiger partial charge in [0.1, 0.15) is 9.86 Å². The normalized spacial score (nSPS) is 12.9. The van der Waals surface area contributed by atoms with E-state index in [9.17, 15) is 13.2 Å². The monoisotopic (exact) mass is 332 g/mol. The van der Waals surface area contributed by atoms with Crippen LogP contribution < -0.4 is 0 Å². The van der Waals surface area contributed by atoms with Crippen molar-refractivity contribution < 1.29 is 13.2 Å². The molecule has 0 spiro atoms. The van der Waals surface area contributed by atoms with Gasteiger partial charge >= 0.3 is 6.18 Å². The third kappa shape index (κ3) is 2.59. The van der Waals surface area contributed by atoms with Crippen LogP contribution in [0.2, 0.25) is 0 Å². The molecule has 0 saturated carbocycles. The van der Waals surface area contributed by atoms with Gasteiger partial charge in [-0.1, -0.05) is 13.8 Å². The van der Waals surface area contributed by atoms with Crippen LogP contribution in [0.4, 0.5) is 13.2 Å². The number of rotatable bonds is 3. The van der Waals surface area contributed by atoms with Crippen LogP contribution in [0.25, 0.3) is 16.0 Å². The average Bonchev–Trinajstić information content (AvgIpc) is 3.00. The molecule has 0 amide bonds. The molecule has 0 fully saturated rings. The number of nitrogens with zero attached hydrogens (tertiary/aromatic N) is 4. The Hall–Kier alpha value is -1.35. The Labute approximate surface area is 126 Å². The molecule has 0 aromatic carbocycles. The summed E-state index contributed by atoms with van der Waals surface area (Å²) in [5.41, 5.74) is 0.701. The highest BCUT2D eigenvalue weighted by Crippen LogP contribution is 2.34. The second kappa shape index (κ2) is 5.13. The van der Waals surface area contributed by atoms with Crippen LogP contribution in [-0.2, 0) is 6.18 Å². The van der Waals surface area contributed by atoms with Crippen molar-refractivity contribution in [3.63, 3.8) is 0 Å². The molecular weight excluding hydrogens is 321 g/mol. The second-order valence-corrected chi connectivity index (χ2v) is 6.82. The van der Waals surface area contributed by atoms with E-state index in [1.165, 1.54) is 23.1 Å². The van der Waals surface area contributed by atoms with Crippen LogP contribution >= 0.6 is 23.1 Å². The molecular formula is C12H11F3N4S2. The molecule has 3 aromatic rings. The summed E-state index contributed by atoms with van der Waals surface area (Å²) >= 11 is 2.60. The minimum atomic E-state index is -4.54. The molecule has 0 saturated heterocycles. The lowest BCUT2D eigenvalue weighted by molar-refractivity contribution is -0.145. The van der Waals surface area contributed by atoms with Crippen LogP contribution in [0.5, 0.6) is 0 Å². The lowest BCUT2D eigenvalue weighted by atomic mass is 10.3. The summed E-state index contributed by atoms with van der Waals surface area (Å²) in [7, 11) is 0. The Balaban J connectivity index is 2.26. The Kier molecular flexibility index (Phi) is 3.56. The van der Waals surface area contributed by atoms with Gasteiger partial charge in [-0.05, 0) is 17.4 Å². The fraction of sp³-hybridized carbons (Fsp3) is 0.417. The summed E-state index contributed by atoms with van der Waals surface area (Å²) in [6, 6.07) is 1.71. The first-order valence-corrected chi connectivity index (χ1v) is 8.07. The minimum absolute atomic E-state index is 0.169. The van der Waals surface area contributed by atoms with Gasteiger partial charge in [-0.2, -0.15) is 13.2 Å². The van der Waals surface area contributed by atoms with Crippen molar-refractivity contribution >= 4 is 39.1 Å². The van der Waals surface area contributed by atoms with Crippen LogP contribution in [0.15, 0.2) is 16.5 Å². The fourth-order valence-electron chi connectivity index (χ4n) is 1.85. The number of halogens is 3. The van der Waals surface area contributed by atoms with Gasteiger partial charge in [0.05, 0.1) is 5.52 Å². The molecule has 112 valence electrons. The van der Waals surface area contributed by atoms with E-state index in [0.717, 1.165) is 10.2 Å². The summed E-state index contributed by atoms with van der Waals surface area (Å²) < 4.78 is 40.3. The molecule has 0 aliphatic rings. The summed E-state index contributed by atoms with van der Waals surface area (Å²) in [6.07, 6.45) is -4.54. The smallest absolute Gasteiger partial charge is 0.258 e. The summed E-state index contributed by atoms with van der Waals surface area (Å²) in [4.78, 5) is 4.83. The van der Waals surface area contributed by atoms with Crippen LogP contribution in [0.1, 0.15) is 19.7 Å². The molecule has 0 aliphatic carbocycles. The maximum Gasteiger partial charge on any atom is 0.452 e. The predicted molar refractivity (Wildman–Crippen MR) is 76.7 cm³/mol. The Bertz CT molecular complexity index is 791. The molecule has 0 bridgehead atoms. The van der Waals surface area contributed by atoms with Gasteiger partial charge in [0.15, 0.2) is 5.65 Å². The standard InChI is InChI=1S/C12H11F3N4S2/c1-6(2)5-21-9-8-17-18-11(12(13,14)15)19(8)10-7(16-9)3-4-20-10/h3-4,6H,5H2,1-2H3. The van der Waals surface area contributed by atoms with E-state index in [-0.39, 0.29) is 5.65 Å². The lowest BCUT2D eigenvalue weighted by Gasteiger charge is -2.08. The Morgan fingerprint density at radius 2 is 2.10 bits per heavy atom.